The van der Waals surface area contributed by atoms with Gasteiger partial charge in [-0.05, 0) is 41.8 Å². The predicted octanol–water partition coefficient (Wildman–Crippen LogP) is 3.62. The predicted molar refractivity (Wildman–Crippen MR) is 86.1 cm³/mol. The van der Waals surface area contributed by atoms with E-state index in [1.54, 1.807) is 18.2 Å². The Morgan fingerprint density at radius 1 is 1.12 bits per heavy atom. The van der Waals surface area contributed by atoms with E-state index in [0.717, 1.165) is 17.7 Å². The van der Waals surface area contributed by atoms with Gasteiger partial charge in [-0.15, -0.1) is 0 Å². The van der Waals surface area contributed by atoms with Gasteiger partial charge < -0.3 is 15.5 Å². The van der Waals surface area contributed by atoms with Crippen molar-refractivity contribution in [3.05, 3.63) is 70.8 Å². The summed E-state index contributed by atoms with van der Waals surface area (Å²) in [7, 11) is 0. The van der Waals surface area contributed by atoms with Crippen LogP contribution in [-0.2, 0) is 12.7 Å². The van der Waals surface area contributed by atoms with E-state index in [1.165, 1.54) is 18.2 Å². The molecule has 1 unspecified atom stereocenters. The molecule has 7 heteroatoms. The summed E-state index contributed by atoms with van der Waals surface area (Å²) < 4.78 is 38.6. The van der Waals surface area contributed by atoms with Gasteiger partial charge in [0.2, 0.25) is 0 Å². The van der Waals surface area contributed by atoms with E-state index in [-0.39, 0.29) is 18.6 Å². The van der Waals surface area contributed by atoms with Crippen molar-refractivity contribution in [2.24, 2.45) is 0 Å². The number of carbonyl (C=O) groups is 1. The highest BCUT2D eigenvalue weighted by molar-refractivity contribution is 5.87. The number of aromatic carboxylic acids is 1. The van der Waals surface area contributed by atoms with Crippen molar-refractivity contribution in [3.8, 4) is 0 Å². The lowest BCUT2D eigenvalue weighted by molar-refractivity contribution is -0.137. The van der Waals surface area contributed by atoms with Crippen LogP contribution in [0.15, 0.2) is 48.5 Å². The van der Waals surface area contributed by atoms with Crippen LogP contribution in [0.25, 0.3) is 0 Å². The molecule has 4 nitrogen and oxygen atoms in total. The second-order valence-electron chi connectivity index (χ2n) is 5.57. The van der Waals surface area contributed by atoms with Gasteiger partial charge in [0.1, 0.15) is 0 Å². The molecular formula is C18H18F3NO3. The highest BCUT2D eigenvalue weighted by Crippen LogP contribution is 2.31. The number of carboxylic acids is 1. The molecule has 0 saturated carbocycles. The Morgan fingerprint density at radius 3 is 2.36 bits per heavy atom. The zero-order chi connectivity index (χ0) is 18.4. The number of carboxylic acid groups (broad SMARTS) is 1. The number of nitrogens with one attached hydrogen (secondary N) is 1. The van der Waals surface area contributed by atoms with Crippen LogP contribution in [0.4, 0.5) is 13.2 Å². The molecule has 0 aliphatic rings. The lowest BCUT2D eigenvalue weighted by Gasteiger charge is -2.20. The van der Waals surface area contributed by atoms with E-state index in [9.17, 15) is 23.1 Å². The first kappa shape index (κ1) is 19.0. The lowest BCUT2D eigenvalue weighted by Crippen LogP contribution is -2.22. The molecule has 134 valence electrons. The van der Waals surface area contributed by atoms with Gasteiger partial charge in [0.05, 0.1) is 11.1 Å². The maximum absolute atomic E-state index is 12.9. The molecule has 0 fully saturated rings. The Hall–Kier alpha value is -2.38. The van der Waals surface area contributed by atoms with Crippen molar-refractivity contribution >= 4 is 5.97 Å². The average molecular weight is 353 g/mol. The zero-order valence-electron chi connectivity index (χ0n) is 13.3. The molecule has 0 radical (unpaired) electrons. The van der Waals surface area contributed by atoms with Crippen molar-refractivity contribution < 1.29 is 28.2 Å². The average Bonchev–Trinajstić information content (AvgIpc) is 2.58. The molecule has 1 atom stereocenters. The molecule has 0 aromatic heterocycles. The third-order valence-electron chi connectivity index (χ3n) is 3.79. The Morgan fingerprint density at radius 2 is 1.80 bits per heavy atom. The minimum atomic E-state index is -4.42. The third-order valence-corrected chi connectivity index (χ3v) is 3.79. The minimum absolute atomic E-state index is 0.161. The van der Waals surface area contributed by atoms with Crippen molar-refractivity contribution in [1.29, 1.82) is 0 Å². The summed E-state index contributed by atoms with van der Waals surface area (Å²) in [4.78, 5) is 10.8. The van der Waals surface area contributed by atoms with E-state index >= 15 is 0 Å². The number of hydrogen-bond acceptors (Lipinski definition) is 3. The summed E-state index contributed by atoms with van der Waals surface area (Å²) in [5.74, 6) is -1.03. The smallest absolute Gasteiger partial charge is 0.416 e. The normalized spacial score (nSPS) is 12.8. The second kappa shape index (κ2) is 8.13. The molecule has 0 aliphatic carbocycles. The molecule has 3 N–H and O–H groups in total. The summed E-state index contributed by atoms with van der Waals surface area (Å²) in [6.45, 7) is 0.159. The summed E-state index contributed by atoms with van der Waals surface area (Å²) >= 11 is 0. The molecule has 2 rings (SSSR count). The minimum Gasteiger partial charge on any atom is -0.478 e. The highest BCUT2D eigenvalue weighted by Gasteiger charge is 2.30. The fraction of sp³-hybridized carbons (Fsp3) is 0.278. The summed E-state index contributed by atoms with van der Waals surface area (Å²) in [6.07, 6.45) is -4.17. The summed E-state index contributed by atoms with van der Waals surface area (Å²) in [5.41, 5.74) is 0.653. The Bertz CT molecular complexity index is 714. The molecule has 25 heavy (non-hydrogen) atoms. The van der Waals surface area contributed by atoms with Crippen LogP contribution >= 0.6 is 0 Å². The molecule has 0 bridgehead atoms. The first-order chi connectivity index (χ1) is 11.8. The molecule has 0 amide bonds. The van der Waals surface area contributed by atoms with Crippen LogP contribution in [-0.4, -0.2) is 22.8 Å². The van der Waals surface area contributed by atoms with Crippen LogP contribution in [0.2, 0.25) is 0 Å². The number of alkyl halides is 3. The number of hydrogen-bond donors (Lipinski definition) is 3. The van der Waals surface area contributed by atoms with E-state index in [2.05, 4.69) is 5.32 Å². The largest absolute Gasteiger partial charge is 0.478 e. The second-order valence-corrected chi connectivity index (χ2v) is 5.57. The van der Waals surface area contributed by atoms with Gasteiger partial charge in [-0.2, -0.15) is 13.2 Å². The molecule has 0 aliphatic heterocycles. The fourth-order valence-electron chi connectivity index (χ4n) is 2.45. The molecule has 0 heterocycles. The maximum atomic E-state index is 12.9. The molecular weight excluding hydrogens is 335 g/mol. The first-order valence-corrected chi connectivity index (χ1v) is 7.65. The molecule has 0 saturated heterocycles. The van der Waals surface area contributed by atoms with Crippen molar-refractivity contribution in [3.63, 3.8) is 0 Å². The highest BCUT2D eigenvalue weighted by atomic mass is 19.4. The van der Waals surface area contributed by atoms with Gasteiger partial charge in [-0.3, -0.25) is 0 Å². The standard InChI is InChI=1S/C18H18F3NO3/c19-18(20,21)15-3-1-2-14(10-15)16(8-9-23)22-11-12-4-6-13(7-5-12)17(24)25/h1-7,10,16,22-23H,8-9,11H2,(H,24,25). The molecule has 2 aromatic carbocycles. The van der Waals surface area contributed by atoms with Gasteiger partial charge in [0.25, 0.3) is 0 Å². The SMILES string of the molecule is O=C(O)c1ccc(CNC(CCO)c2cccc(C(F)(F)F)c2)cc1. The van der Waals surface area contributed by atoms with E-state index in [1.807, 2.05) is 0 Å². The van der Waals surface area contributed by atoms with E-state index < -0.39 is 23.8 Å². The zero-order valence-corrected chi connectivity index (χ0v) is 13.3. The van der Waals surface area contributed by atoms with Gasteiger partial charge in [-0.25, -0.2) is 4.79 Å². The van der Waals surface area contributed by atoms with Crippen molar-refractivity contribution in [2.75, 3.05) is 6.61 Å². The summed E-state index contributed by atoms with van der Waals surface area (Å²) in [5, 5.41) is 21.2. The Balaban J connectivity index is 2.12. The van der Waals surface area contributed by atoms with Crippen LogP contribution in [0.5, 0.6) is 0 Å². The van der Waals surface area contributed by atoms with Crippen LogP contribution < -0.4 is 5.32 Å². The quantitative estimate of drug-likeness (QED) is 0.711. The Labute approximate surface area is 142 Å². The van der Waals surface area contributed by atoms with Gasteiger partial charge in [0, 0.05) is 19.2 Å². The summed E-state index contributed by atoms with van der Waals surface area (Å²) in [6, 6.07) is 10.7. The number of halogens is 3. The van der Waals surface area contributed by atoms with Gasteiger partial charge in [0.15, 0.2) is 0 Å². The van der Waals surface area contributed by atoms with E-state index in [0.29, 0.717) is 12.1 Å². The van der Waals surface area contributed by atoms with Crippen molar-refractivity contribution in [1.82, 2.24) is 5.32 Å². The number of aliphatic hydroxyl groups excluding tert-OH is 1. The molecule has 0 spiro atoms. The van der Waals surface area contributed by atoms with Gasteiger partial charge >= 0.3 is 12.1 Å². The van der Waals surface area contributed by atoms with Crippen LogP contribution in [0.3, 0.4) is 0 Å². The van der Waals surface area contributed by atoms with Gasteiger partial charge in [-0.1, -0.05) is 24.3 Å². The number of rotatable bonds is 7. The van der Waals surface area contributed by atoms with E-state index in [4.69, 9.17) is 5.11 Å². The lowest BCUT2D eigenvalue weighted by atomic mass is 10.0. The topological polar surface area (TPSA) is 69.6 Å². The number of aliphatic hydroxyl groups is 1. The molecule has 2 aromatic rings. The Kier molecular flexibility index (Phi) is 6.17. The monoisotopic (exact) mass is 353 g/mol. The van der Waals surface area contributed by atoms with Crippen molar-refractivity contribution in [2.45, 2.75) is 25.2 Å². The van der Waals surface area contributed by atoms with Crippen LogP contribution in [0, 0.1) is 0 Å². The van der Waals surface area contributed by atoms with Crippen LogP contribution in [0.1, 0.15) is 39.5 Å². The maximum Gasteiger partial charge on any atom is 0.416 e. The third kappa shape index (κ3) is 5.30. The fourth-order valence-corrected chi connectivity index (χ4v) is 2.45. The first-order valence-electron chi connectivity index (χ1n) is 7.65. The number of benzene rings is 2.